The molecule has 1 atom stereocenters. The van der Waals surface area contributed by atoms with Crippen LogP contribution >= 0.6 is 0 Å². The Morgan fingerprint density at radius 1 is 1.07 bits per heavy atom. The summed E-state index contributed by atoms with van der Waals surface area (Å²) in [5, 5.41) is 0. The van der Waals surface area contributed by atoms with E-state index in [0.717, 1.165) is 25.7 Å². The largest absolute Gasteiger partial charge is 0.459 e. The molecule has 0 radical (unpaired) electrons. The van der Waals surface area contributed by atoms with E-state index in [4.69, 9.17) is 15.2 Å². The van der Waals surface area contributed by atoms with Crippen molar-refractivity contribution in [3.8, 4) is 0 Å². The maximum atomic E-state index is 12.5. The van der Waals surface area contributed by atoms with Crippen LogP contribution in [0.3, 0.4) is 0 Å². The molecule has 0 aromatic rings. The molecule has 0 amide bonds. The van der Waals surface area contributed by atoms with Crippen molar-refractivity contribution in [3.05, 3.63) is 36.0 Å². The van der Waals surface area contributed by atoms with Gasteiger partial charge in [-0.15, -0.1) is 0 Å². The first-order valence-corrected chi connectivity index (χ1v) is 10.1. The van der Waals surface area contributed by atoms with Crippen LogP contribution in [0.25, 0.3) is 0 Å². The molecule has 0 aromatic heterocycles. The summed E-state index contributed by atoms with van der Waals surface area (Å²) in [6, 6.07) is 0. The second-order valence-corrected chi connectivity index (χ2v) is 9.68. The molecule has 0 spiro atoms. The number of carbonyl (C=O) groups excluding carboxylic acids is 1. The van der Waals surface area contributed by atoms with Crippen LogP contribution in [0.15, 0.2) is 36.0 Å². The predicted octanol–water partition coefficient (Wildman–Crippen LogP) is 4.84. The van der Waals surface area contributed by atoms with Crippen LogP contribution in [0.5, 0.6) is 0 Å². The van der Waals surface area contributed by atoms with Gasteiger partial charge in [-0.1, -0.05) is 45.1 Å². The highest BCUT2D eigenvalue weighted by Gasteiger charge is 2.37. The van der Waals surface area contributed by atoms with Crippen LogP contribution in [-0.4, -0.2) is 29.3 Å². The molecule has 0 aromatic carbocycles. The van der Waals surface area contributed by atoms with Gasteiger partial charge in [0.25, 0.3) is 0 Å². The van der Waals surface area contributed by atoms with Crippen LogP contribution in [0.2, 0.25) is 0 Å². The van der Waals surface area contributed by atoms with Crippen molar-refractivity contribution in [1.29, 1.82) is 0 Å². The van der Waals surface area contributed by atoms with E-state index in [0.29, 0.717) is 12.0 Å². The van der Waals surface area contributed by atoms with E-state index in [9.17, 15) is 4.79 Å². The Hall–Kier alpha value is -1.39. The highest BCUT2D eigenvalue weighted by atomic mass is 16.5. The van der Waals surface area contributed by atoms with Gasteiger partial charge in [0.05, 0.1) is 17.3 Å². The fourth-order valence-corrected chi connectivity index (χ4v) is 3.14. The summed E-state index contributed by atoms with van der Waals surface area (Å²) in [7, 11) is 0. The lowest BCUT2D eigenvalue weighted by atomic mass is 9.78. The van der Waals surface area contributed by atoms with Gasteiger partial charge in [0.2, 0.25) is 0 Å². The highest BCUT2D eigenvalue weighted by Crippen LogP contribution is 2.37. The quantitative estimate of drug-likeness (QED) is 0.564. The Balaban J connectivity index is 1.87. The van der Waals surface area contributed by atoms with Crippen LogP contribution in [0.4, 0.5) is 0 Å². The highest BCUT2D eigenvalue weighted by molar-refractivity contribution is 5.91. The van der Waals surface area contributed by atoms with E-state index in [-0.39, 0.29) is 29.2 Å². The average Bonchev–Trinajstić information content (AvgIpc) is 2.52. The second-order valence-electron chi connectivity index (χ2n) is 9.68. The molecule has 152 valence electrons. The molecular weight excluding hydrogens is 338 g/mol. The summed E-state index contributed by atoms with van der Waals surface area (Å²) < 4.78 is 12.1. The number of hydrogen-bond donors (Lipinski definition) is 1. The molecule has 0 bridgehead atoms. The van der Waals surface area contributed by atoms with E-state index >= 15 is 0 Å². The minimum Gasteiger partial charge on any atom is -0.459 e. The lowest BCUT2D eigenvalue weighted by Gasteiger charge is -2.42. The van der Waals surface area contributed by atoms with Gasteiger partial charge in [-0.2, -0.15) is 0 Å². The normalized spacial score (nSPS) is 34.0. The monoisotopic (exact) mass is 375 g/mol. The van der Waals surface area contributed by atoms with Crippen molar-refractivity contribution in [1.82, 2.24) is 0 Å². The Bertz CT molecular complexity index is 612. The van der Waals surface area contributed by atoms with E-state index in [1.54, 1.807) is 6.08 Å². The van der Waals surface area contributed by atoms with Gasteiger partial charge < -0.3 is 15.2 Å². The topological polar surface area (TPSA) is 61.6 Å². The van der Waals surface area contributed by atoms with Gasteiger partial charge in [0.15, 0.2) is 0 Å². The zero-order valence-corrected chi connectivity index (χ0v) is 17.9. The Labute approximate surface area is 164 Å². The number of allylic oxidation sites excluding steroid dienone is 2. The average molecular weight is 376 g/mol. The number of nitrogens with two attached hydrogens (primary N) is 1. The molecular formula is C23H37NO3. The molecule has 2 N–H and O–H groups in total. The third-order valence-electron chi connectivity index (χ3n) is 5.97. The summed E-state index contributed by atoms with van der Waals surface area (Å²) in [6.45, 7) is 12.8. The summed E-state index contributed by atoms with van der Waals surface area (Å²) in [4.78, 5) is 12.5. The number of ether oxygens (including phenoxy) is 2. The molecule has 1 fully saturated rings. The lowest BCUT2D eigenvalue weighted by Crippen LogP contribution is -2.43. The molecule has 2 aliphatic rings. The SMILES string of the molecule is CC1(N)/C=C\C/C=C(C(=O)OC2CCC(OC(C)(C)C(C)(C)C)CC2)\C=C/1. The minimum absolute atomic E-state index is 0.0327. The van der Waals surface area contributed by atoms with Crippen molar-refractivity contribution in [2.45, 2.75) is 97.0 Å². The maximum absolute atomic E-state index is 12.5. The lowest BCUT2D eigenvalue weighted by molar-refractivity contribution is -0.158. The summed E-state index contributed by atoms with van der Waals surface area (Å²) in [6.07, 6.45) is 13.9. The fraction of sp³-hybridized carbons (Fsp3) is 0.696. The Kier molecular flexibility index (Phi) is 6.75. The predicted molar refractivity (Wildman–Crippen MR) is 110 cm³/mol. The van der Waals surface area contributed by atoms with Gasteiger partial charge in [-0.3, -0.25) is 0 Å². The number of carbonyl (C=O) groups is 1. The molecule has 4 heteroatoms. The van der Waals surface area contributed by atoms with E-state index in [1.165, 1.54) is 0 Å². The van der Waals surface area contributed by atoms with Crippen LogP contribution in [0, 0.1) is 5.41 Å². The second kappa shape index (κ2) is 8.32. The van der Waals surface area contributed by atoms with Crippen LogP contribution in [0.1, 0.15) is 73.6 Å². The first-order valence-electron chi connectivity index (χ1n) is 10.1. The molecule has 1 unspecified atom stereocenters. The molecule has 0 aliphatic heterocycles. The van der Waals surface area contributed by atoms with Crippen molar-refractivity contribution in [3.63, 3.8) is 0 Å². The molecule has 1 saturated carbocycles. The van der Waals surface area contributed by atoms with Gasteiger partial charge >= 0.3 is 5.97 Å². The molecule has 2 aliphatic carbocycles. The Morgan fingerprint density at radius 2 is 1.67 bits per heavy atom. The summed E-state index contributed by atoms with van der Waals surface area (Å²) in [5.41, 5.74) is 6.08. The van der Waals surface area contributed by atoms with Crippen molar-refractivity contribution in [2.24, 2.45) is 11.1 Å². The van der Waals surface area contributed by atoms with Crippen molar-refractivity contribution in [2.75, 3.05) is 0 Å². The van der Waals surface area contributed by atoms with Gasteiger partial charge in [0.1, 0.15) is 6.10 Å². The van der Waals surface area contributed by atoms with Crippen LogP contribution in [-0.2, 0) is 14.3 Å². The summed E-state index contributed by atoms with van der Waals surface area (Å²) in [5.74, 6) is -0.253. The van der Waals surface area contributed by atoms with Gasteiger partial charge in [-0.05, 0) is 64.4 Å². The third-order valence-corrected chi connectivity index (χ3v) is 5.97. The van der Waals surface area contributed by atoms with E-state index < -0.39 is 5.54 Å². The molecule has 2 rings (SSSR count). The first kappa shape index (κ1) is 21.9. The zero-order valence-electron chi connectivity index (χ0n) is 17.9. The first-order chi connectivity index (χ1) is 12.4. The maximum Gasteiger partial charge on any atom is 0.338 e. The number of esters is 1. The molecule has 0 saturated heterocycles. The number of hydrogen-bond acceptors (Lipinski definition) is 4. The van der Waals surface area contributed by atoms with E-state index in [1.807, 2.05) is 31.2 Å². The zero-order chi connectivity index (χ0) is 20.3. The Morgan fingerprint density at radius 3 is 2.26 bits per heavy atom. The molecule has 0 heterocycles. The summed E-state index contributed by atoms with van der Waals surface area (Å²) >= 11 is 0. The fourth-order valence-electron chi connectivity index (χ4n) is 3.14. The standard InChI is InChI=1S/C23H37NO3/c1-21(2,3)22(4,5)27-19-12-10-18(11-13-19)26-20(25)17-9-7-8-15-23(6,24)16-14-17/h8-9,14-16,18-19H,7,10-13,24H2,1-6H3/b15-8-,16-14-,17-9+. The van der Waals surface area contributed by atoms with Crippen molar-refractivity contribution >= 4 is 5.97 Å². The molecule has 4 nitrogen and oxygen atoms in total. The smallest absolute Gasteiger partial charge is 0.338 e. The van der Waals surface area contributed by atoms with E-state index in [2.05, 4.69) is 34.6 Å². The van der Waals surface area contributed by atoms with Gasteiger partial charge in [0, 0.05) is 5.54 Å². The van der Waals surface area contributed by atoms with Gasteiger partial charge in [-0.25, -0.2) is 4.79 Å². The minimum atomic E-state index is -0.533. The number of rotatable bonds is 4. The third kappa shape index (κ3) is 6.32. The van der Waals surface area contributed by atoms with Crippen molar-refractivity contribution < 1.29 is 14.3 Å². The van der Waals surface area contributed by atoms with Crippen LogP contribution < -0.4 is 5.73 Å². The molecule has 27 heavy (non-hydrogen) atoms.